The van der Waals surface area contributed by atoms with Crippen LogP contribution in [0.1, 0.15) is 19.4 Å². The van der Waals surface area contributed by atoms with Gasteiger partial charge >= 0.3 is 0 Å². The van der Waals surface area contributed by atoms with E-state index >= 15 is 0 Å². The number of nitrogen functional groups attached to an aromatic ring is 1. The Morgan fingerprint density at radius 3 is 2.64 bits per heavy atom. The lowest BCUT2D eigenvalue weighted by atomic mass is 10.2. The van der Waals surface area contributed by atoms with E-state index in [1.807, 2.05) is 26.2 Å². The van der Waals surface area contributed by atoms with Crippen molar-refractivity contribution in [3.05, 3.63) is 21.6 Å². The maximum atomic E-state index is 5.74. The van der Waals surface area contributed by atoms with Gasteiger partial charge in [-0.3, -0.25) is 0 Å². The van der Waals surface area contributed by atoms with Crippen LogP contribution in [0.3, 0.4) is 0 Å². The van der Waals surface area contributed by atoms with Gasteiger partial charge in [-0.2, -0.15) is 0 Å². The molecule has 2 aromatic heterocycles. The van der Waals surface area contributed by atoms with E-state index in [1.165, 1.54) is 10.3 Å². The lowest BCUT2D eigenvalue weighted by Crippen LogP contribution is -1.90. The molecule has 14 heavy (non-hydrogen) atoms. The summed E-state index contributed by atoms with van der Waals surface area (Å²) in [6, 6.07) is 0. The molecule has 76 valence electrons. The minimum atomic E-state index is 0.601. The summed E-state index contributed by atoms with van der Waals surface area (Å²) in [6.07, 6.45) is 1.81. The number of aromatic nitrogens is 1. The Morgan fingerprint density at radius 2 is 2.07 bits per heavy atom. The fraction of sp³-hybridized carbons (Fsp3) is 0.300. The number of pyridine rings is 1. The summed E-state index contributed by atoms with van der Waals surface area (Å²) < 4.78 is 2.26. The van der Waals surface area contributed by atoms with Crippen LogP contribution in [0.2, 0.25) is 0 Å². The molecule has 2 aromatic rings. The molecule has 0 amide bonds. The number of anilines is 1. The molecule has 2 heterocycles. The third-order valence-electron chi connectivity index (χ3n) is 1.76. The predicted octanol–water partition coefficient (Wildman–Crippen LogP) is 3.98. The normalized spacial score (nSPS) is 9.71. The minimum Gasteiger partial charge on any atom is -0.383 e. The lowest BCUT2D eigenvalue weighted by Gasteiger charge is -1.98. The Hall–Kier alpha value is -0.610. The van der Waals surface area contributed by atoms with E-state index in [0.717, 1.165) is 9.86 Å². The maximum Gasteiger partial charge on any atom is 0.133 e. The highest BCUT2D eigenvalue weighted by molar-refractivity contribution is 9.10. The van der Waals surface area contributed by atoms with Crippen molar-refractivity contribution in [3.8, 4) is 0 Å². The second kappa shape index (κ2) is 4.75. The van der Waals surface area contributed by atoms with Gasteiger partial charge in [0.25, 0.3) is 0 Å². The van der Waals surface area contributed by atoms with Crippen LogP contribution >= 0.6 is 27.3 Å². The molecule has 0 saturated carbocycles. The largest absolute Gasteiger partial charge is 0.383 e. The molecular weight excluding hydrogens is 260 g/mol. The third kappa shape index (κ3) is 1.91. The van der Waals surface area contributed by atoms with Crippen molar-refractivity contribution < 1.29 is 0 Å². The summed E-state index contributed by atoms with van der Waals surface area (Å²) in [5.74, 6) is 0.601. The van der Waals surface area contributed by atoms with Gasteiger partial charge in [-0.1, -0.05) is 13.8 Å². The molecule has 0 radical (unpaired) electrons. The smallest absolute Gasteiger partial charge is 0.133 e. The van der Waals surface area contributed by atoms with Crippen LogP contribution < -0.4 is 5.73 Å². The van der Waals surface area contributed by atoms with Crippen molar-refractivity contribution in [2.24, 2.45) is 0 Å². The van der Waals surface area contributed by atoms with E-state index in [1.54, 1.807) is 17.5 Å². The number of nitrogens with two attached hydrogens (primary N) is 1. The molecule has 0 bridgehead atoms. The van der Waals surface area contributed by atoms with Crippen LogP contribution in [0.25, 0.3) is 10.1 Å². The molecule has 0 fully saturated rings. The molecule has 2 rings (SSSR count). The summed E-state index contributed by atoms with van der Waals surface area (Å²) in [5.41, 5.74) is 6.91. The van der Waals surface area contributed by atoms with Gasteiger partial charge < -0.3 is 5.73 Å². The highest BCUT2D eigenvalue weighted by Crippen LogP contribution is 2.34. The minimum absolute atomic E-state index is 0.601. The Labute approximate surface area is 96.3 Å². The van der Waals surface area contributed by atoms with Gasteiger partial charge in [-0.05, 0) is 28.4 Å². The molecular formula is C10H13BrN2S. The fourth-order valence-corrected chi connectivity index (χ4v) is 2.88. The Kier molecular flexibility index (Phi) is 3.89. The van der Waals surface area contributed by atoms with E-state index < -0.39 is 0 Å². The summed E-state index contributed by atoms with van der Waals surface area (Å²) in [5, 5.41) is 3.08. The number of aryl methyl sites for hydroxylation is 1. The van der Waals surface area contributed by atoms with Gasteiger partial charge in [0.1, 0.15) is 5.82 Å². The van der Waals surface area contributed by atoms with Gasteiger partial charge in [0.15, 0.2) is 0 Å². The molecule has 0 aromatic carbocycles. The first-order valence-corrected chi connectivity index (χ1v) is 6.15. The van der Waals surface area contributed by atoms with Crippen molar-refractivity contribution in [1.82, 2.24) is 4.98 Å². The highest BCUT2D eigenvalue weighted by Gasteiger charge is 2.07. The van der Waals surface area contributed by atoms with Crippen LogP contribution in [-0.4, -0.2) is 4.98 Å². The standard InChI is InChI=1S/C8H7BrN2S.C2H6/c1-4-2-11-8(10)6-5(9)3-12-7(4)6;1-2/h2-3H,1H3,(H2,10,11);1-2H3. The maximum absolute atomic E-state index is 5.74. The average molecular weight is 273 g/mol. The number of thiophene rings is 1. The molecule has 0 aliphatic rings. The lowest BCUT2D eigenvalue weighted by molar-refractivity contribution is 1.32. The number of fused-ring (bicyclic) bond motifs is 1. The second-order valence-electron chi connectivity index (χ2n) is 2.61. The third-order valence-corrected chi connectivity index (χ3v) is 3.80. The van der Waals surface area contributed by atoms with Gasteiger partial charge in [-0.25, -0.2) is 4.98 Å². The zero-order chi connectivity index (χ0) is 10.7. The molecule has 4 heteroatoms. The highest BCUT2D eigenvalue weighted by atomic mass is 79.9. The van der Waals surface area contributed by atoms with Crippen molar-refractivity contribution in [2.45, 2.75) is 20.8 Å². The zero-order valence-electron chi connectivity index (χ0n) is 8.47. The molecule has 2 N–H and O–H groups in total. The van der Waals surface area contributed by atoms with Gasteiger partial charge in [0, 0.05) is 26.1 Å². The van der Waals surface area contributed by atoms with Crippen LogP contribution in [0.15, 0.2) is 16.0 Å². The number of nitrogens with zero attached hydrogens (tertiary/aromatic N) is 1. The molecule has 0 atom stereocenters. The van der Waals surface area contributed by atoms with Gasteiger partial charge in [0.05, 0.1) is 0 Å². The average Bonchev–Trinajstić information content (AvgIpc) is 2.59. The summed E-state index contributed by atoms with van der Waals surface area (Å²) >= 11 is 5.13. The van der Waals surface area contributed by atoms with Crippen molar-refractivity contribution in [2.75, 3.05) is 5.73 Å². The Morgan fingerprint density at radius 1 is 1.43 bits per heavy atom. The Balaban J connectivity index is 0.000000461. The number of rotatable bonds is 0. The van der Waals surface area contributed by atoms with Crippen LogP contribution in [0.5, 0.6) is 0 Å². The quantitative estimate of drug-likeness (QED) is 0.788. The van der Waals surface area contributed by atoms with Gasteiger partial charge in [-0.15, -0.1) is 11.3 Å². The topological polar surface area (TPSA) is 38.9 Å². The first-order valence-electron chi connectivity index (χ1n) is 4.48. The first kappa shape index (κ1) is 11.5. The van der Waals surface area contributed by atoms with Crippen molar-refractivity contribution >= 4 is 43.2 Å². The van der Waals surface area contributed by atoms with E-state index in [-0.39, 0.29) is 0 Å². The summed E-state index contributed by atoms with van der Waals surface area (Å²) in [7, 11) is 0. The molecule has 0 aliphatic heterocycles. The monoisotopic (exact) mass is 272 g/mol. The van der Waals surface area contributed by atoms with Crippen LogP contribution in [0.4, 0.5) is 5.82 Å². The number of hydrogen-bond donors (Lipinski definition) is 1. The summed E-state index contributed by atoms with van der Waals surface area (Å²) in [4.78, 5) is 4.09. The molecule has 2 nitrogen and oxygen atoms in total. The second-order valence-corrected chi connectivity index (χ2v) is 4.35. The van der Waals surface area contributed by atoms with E-state index in [0.29, 0.717) is 5.82 Å². The van der Waals surface area contributed by atoms with E-state index in [4.69, 9.17) is 5.73 Å². The molecule has 0 spiro atoms. The van der Waals surface area contributed by atoms with Crippen LogP contribution in [0, 0.1) is 6.92 Å². The SMILES string of the molecule is CC.Cc1cnc(N)c2c(Br)csc12. The molecule has 0 unspecified atom stereocenters. The predicted molar refractivity (Wildman–Crippen MR) is 67.8 cm³/mol. The van der Waals surface area contributed by atoms with E-state index in [9.17, 15) is 0 Å². The first-order chi connectivity index (χ1) is 6.70. The van der Waals surface area contributed by atoms with Crippen molar-refractivity contribution in [3.63, 3.8) is 0 Å². The van der Waals surface area contributed by atoms with E-state index in [2.05, 4.69) is 20.9 Å². The number of halogens is 1. The summed E-state index contributed by atoms with van der Waals surface area (Å²) in [6.45, 7) is 6.04. The molecule has 0 aliphatic carbocycles. The fourth-order valence-electron chi connectivity index (χ4n) is 1.16. The van der Waals surface area contributed by atoms with Crippen LogP contribution in [-0.2, 0) is 0 Å². The molecule has 0 saturated heterocycles. The van der Waals surface area contributed by atoms with Crippen molar-refractivity contribution in [1.29, 1.82) is 0 Å². The van der Waals surface area contributed by atoms with Gasteiger partial charge in [0.2, 0.25) is 0 Å². The number of hydrogen-bond acceptors (Lipinski definition) is 3. The zero-order valence-corrected chi connectivity index (χ0v) is 10.9. The Bertz CT molecular complexity index is 437.